The van der Waals surface area contributed by atoms with Gasteiger partial charge in [0.15, 0.2) is 5.65 Å². The molecule has 1 fully saturated rings. The van der Waals surface area contributed by atoms with Crippen molar-refractivity contribution in [3.8, 4) is 0 Å². The first-order valence-electron chi connectivity index (χ1n) is 10.9. The lowest BCUT2D eigenvalue weighted by molar-refractivity contribution is 0.188. The van der Waals surface area contributed by atoms with Gasteiger partial charge in [0, 0.05) is 38.1 Å². The first-order chi connectivity index (χ1) is 15.3. The molecule has 0 radical (unpaired) electrons. The minimum Gasteiger partial charge on any atom is -0.467 e. The molecule has 160 valence electrons. The number of nitrogens with zero attached hydrogens (tertiary/aromatic N) is 6. The minimum absolute atomic E-state index is 0.633. The lowest BCUT2D eigenvalue weighted by Crippen LogP contribution is -2.37. The summed E-state index contributed by atoms with van der Waals surface area (Å²) in [6.07, 6.45) is 10.4. The summed E-state index contributed by atoms with van der Waals surface area (Å²) in [6, 6.07) is 9.75. The lowest BCUT2D eigenvalue weighted by atomic mass is 9.93. The summed E-state index contributed by atoms with van der Waals surface area (Å²) in [5.74, 6) is 3.36. The Bertz CT molecular complexity index is 1090. The maximum absolute atomic E-state index is 5.59. The molecule has 1 N–H and O–H groups in total. The maximum Gasteiger partial charge on any atom is 0.222 e. The Labute approximate surface area is 181 Å². The zero-order valence-electron chi connectivity index (χ0n) is 17.5. The van der Waals surface area contributed by atoms with E-state index >= 15 is 0 Å². The zero-order chi connectivity index (χ0) is 20.9. The van der Waals surface area contributed by atoms with Gasteiger partial charge in [-0.2, -0.15) is 0 Å². The molecule has 4 aromatic heterocycles. The third kappa shape index (κ3) is 4.74. The van der Waals surface area contributed by atoms with Gasteiger partial charge in [0.25, 0.3) is 0 Å². The Morgan fingerprint density at radius 3 is 2.65 bits per heavy atom. The second-order valence-corrected chi connectivity index (χ2v) is 8.03. The van der Waals surface area contributed by atoms with Crippen LogP contribution in [0.3, 0.4) is 0 Å². The molecule has 0 aromatic carbocycles. The third-order valence-electron chi connectivity index (χ3n) is 5.93. The highest BCUT2D eigenvalue weighted by molar-refractivity contribution is 5.71. The predicted octanol–water partition coefficient (Wildman–Crippen LogP) is 3.23. The van der Waals surface area contributed by atoms with Gasteiger partial charge < -0.3 is 19.2 Å². The van der Waals surface area contributed by atoms with Crippen molar-refractivity contribution in [2.75, 3.05) is 31.5 Å². The molecular formula is C23H27N7O. The van der Waals surface area contributed by atoms with E-state index in [-0.39, 0.29) is 0 Å². The van der Waals surface area contributed by atoms with E-state index in [1.54, 1.807) is 18.7 Å². The van der Waals surface area contributed by atoms with E-state index in [2.05, 4.69) is 29.7 Å². The first kappa shape index (κ1) is 19.7. The first-order valence-corrected chi connectivity index (χ1v) is 10.9. The fraction of sp³-hybridized carbons (Fsp3) is 0.391. The number of hydrogen-bond acceptors (Lipinski definition) is 7. The van der Waals surface area contributed by atoms with Crippen LogP contribution in [0.4, 0.5) is 5.95 Å². The summed E-state index contributed by atoms with van der Waals surface area (Å²) >= 11 is 0. The number of furan rings is 1. The molecule has 1 aliphatic rings. The number of hydrogen-bond donors (Lipinski definition) is 1. The Balaban J connectivity index is 1.18. The molecule has 0 atom stereocenters. The zero-order valence-corrected chi connectivity index (χ0v) is 17.5. The minimum atomic E-state index is 0.633. The van der Waals surface area contributed by atoms with Crippen LogP contribution in [0.1, 0.15) is 24.4 Å². The van der Waals surface area contributed by atoms with E-state index in [0.717, 1.165) is 55.3 Å². The molecule has 0 amide bonds. The lowest BCUT2D eigenvalue weighted by Gasteiger charge is -2.31. The predicted molar refractivity (Wildman–Crippen MR) is 119 cm³/mol. The third-order valence-corrected chi connectivity index (χ3v) is 5.93. The van der Waals surface area contributed by atoms with Crippen molar-refractivity contribution in [3.05, 3.63) is 66.8 Å². The van der Waals surface area contributed by atoms with Gasteiger partial charge in [-0.3, -0.25) is 0 Å². The van der Waals surface area contributed by atoms with E-state index in [4.69, 9.17) is 9.40 Å². The topological polar surface area (TPSA) is 84.9 Å². The Morgan fingerprint density at radius 2 is 1.84 bits per heavy atom. The average molecular weight is 418 g/mol. The van der Waals surface area contributed by atoms with Gasteiger partial charge in [-0.25, -0.2) is 19.9 Å². The number of imidazole rings is 1. The second kappa shape index (κ2) is 9.26. The molecule has 1 saturated heterocycles. The van der Waals surface area contributed by atoms with Gasteiger partial charge >= 0.3 is 0 Å². The summed E-state index contributed by atoms with van der Waals surface area (Å²) in [5.41, 5.74) is 1.89. The molecule has 0 saturated carbocycles. The fourth-order valence-electron chi connectivity index (χ4n) is 4.27. The second-order valence-electron chi connectivity index (χ2n) is 8.03. The molecule has 31 heavy (non-hydrogen) atoms. The van der Waals surface area contributed by atoms with Gasteiger partial charge in [0.2, 0.25) is 5.95 Å². The van der Waals surface area contributed by atoms with E-state index < -0.39 is 0 Å². The molecule has 5 rings (SSSR count). The number of aromatic nitrogens is 5. The highest BCUT2D eigenvalue weighted by Gasteiger charge is 2.22. The molecule has 0 aliphatic carbocycles. The Kier molecular flexibility index (Phi) is 5.88. The molecule has 5 heterocycles. The molecule has 1 aliphatic heterocycles. The van der Waals surface area contributed by atoms with Crippen molar-refractivity contribution in [2.24, 2.45) is 5.92 Å². The monoisotopic (exact) mass is 417 g/mol. The van der Waals surface area contributed by atoms with Crippen molar-refractivity contribution in [1.29, 1.82) is 0 Å². The van der Waals surface area contributed by atoms with Crippen molar-refractivity contribution < 1.29 is 4.42 Å². The smallest absolute Gasteiger partial charge is 0.222 e. The SMILES string of the molecule is c1cnc(NCCN2CCC(Cc3nc4cccnc4n3Cc3ccco3)CC2)nc1. The normalized spacial score (nSPS) is 15.5. The van der Waals surface area contributed by atoms with E-state index in [1.807, 2.05) is 36.5 Å². The van der Waals surface area contributed by atoms with Crippen LogP contribution < -0.4 is 5.32 Å². The van der Waals surface area contributed by atoms with Crippen molar-refractivity contribution in [3.63, 3.8) is 0 Å². The number of fused-ring (bicyclic) bond motifs is 1. The van der Waals surface area contributed by atoms with Crippen LogP contribution in [0, 0.1) is 5.92 Å². The summed E-state index contributed by atoms with van der Waals surface area (Å²) in [6.45, 7) is 4.75. The van der Waals surface area contributed by atoms with Gasteiger partial charge in [-0.05, 0) is 62.2 Å². The number of pyridine rings is 1. The standard InChI is InChI=1S/C23H27N7O/c1-5-20-22(24-8-1)30(17-19-4-2-15-31-19)21(28-20)16-18-6-12-29(13-7-18)14-11-27-23-25-9-3-10-26-23/h1-5,8-10,15,18H,6-7,11-14,16-17H2,(H,25,26,27). The quantitative estimate of drug-likeness (QED) is 0.471. The van der Waals surface area contributed by atoms with Crippen molar-refractivity contribution >= 4 is 17.1 Å². The van der Waals surface area contributed by atoms with Crippen LogP contribution in [-0.2, 0) is 13.0 Å². The number of rotatable bonds is 8. The number of nitrogens with one attached hydrogen (secondary N) is 1. The van der Waals surface area contributed by atoms with Crippen LogP contribution in [0.15, 0.2) is 59.6 Å². The summed E-state index contributed by atoms with van der Waals surface area (Å²) in [7, 11) is 0. The number of likely N-dealkylation sites (tertiary alicyclic amines) is 1. The molecule has 0 spiro atoms. The molecule has 8 heteroatoms. The highest BCUT2D eigenvalue weighted by Crippen LogP contribution is 2.24. The largest absolute Gasteiger partial charge is 0.467 e. The number of piperidine rings is 1. The van der Waals surface area contributed by atoms with Crippen LogP contribution in [0.2, 0.25) is 0 Å². The molecular weight excluding hydrogens is 390 g/mol. The van der Waals surface area contributed by atoms with Crippen molar-refractivity contribution in [1.82, 2.24) is 29.4 Å². The maximum atomic E-state index is 5.59. The van der Waals surface area contributed by atoms with Gasteiger partial charge in [-0.1, -0.05) is 0 Å². The average Bonchev–Trinajstić information content (AvgIpc) is 3.44. The Morgan fingerprint density at radius 1 is 1.00 bits per heavy atom. The van der Waals surface area contributed by atoms with Gasteiger partial charge in [0.1, 0.15) is 17.1 Å². The van der Waals surface area contributed by atoms with Gasteiger partial charge in [0.05, 0.1) is 12.8 Å². The summed E-state index contributed by atoms with van der Waals surface area (Å²) < 4.78 is 7.80. The molecule has 8 nitrogen and oxygen atoms in total. The van der Waals surface area contributed by atoms with E-state index in [0.29, 0.717) is 18.4 Å². The molecule has 0 unspecified atom stereocenters. The molecule has 0 bridgehead atoms. The number of anilines is 1. The summed E-state index contributed by atoms with van der Waals surface area (Å²) in [4.78, 5) is 20.4. The Hall–Kier alpha value is -3.26. The van der Waals surface area contributed by atoms with Crippen LogP contribution in [0.25, 0.3) is 11.2 Å². The summed E-state index contributed by atoms with van der Waals surface area (Å²) in [5, 5.41) is 3.29. The highest BCUT2D eigenvalue weighted by atomic mass is 16.3. The van der Waals surface area contributed by atoms with Gasteiger partial charge in [-0.15, -0.1) is 0 Å². The van der Waals surface area contributed by atoms with E-state index in [9.17, 15) is 0 Å². The molecule has 4 aromatic rings. The van der Waals surface area contributed by atoms with Crippen LogP contribution in [0.5, 0.6) is 0 Å². The van der Waals surface area contributed by atoms with Crippen LogP contribution in [-0.4, -0.2) is 55.6 Å². The van der Waals surface area contributed by atoms with E-state index in [1.165, 1.54) is 12.8 Å². The van der Waals surface area contributed by atoms with Crippen LogP contribution >= 0.6 is 0 Å². The fourth-order valence-corrected chi connectivity index (χ4v) is 4.27. The van der Waals surface area contributed by atoms with Crippen molar-refractivity contribution in [2.45, 2.75) is 25.8 Å².